The second-order valence-electron chi connectivity index (χ2n) is 11.6. The SMILES string of the molecule is CCCCCCCCCCCCCCc1ccc2ccccc2c1N=Nc1ccc(N=Nc2ccccc2C)cc1C. The van der Waals surface area contributed by atoms with Gasteiger partial charge in [0.15, 0.2) is 0 Å². The Morgan fingerprint density at radius 1 is 0.500 bits per heavy atom. The van der Waals surface area contributed by atoms with Crippen molar-refractivity contribution in [1.29, 1.82) is 0 Å². The van der Waals surface area contributed by atoms with E-state index in [9.17, 15) is 0 Å². The molecule has 0 fully saturated rings. The zero-order valence-electron chi connectivity index (χ0n) is 26.0. The summed E-state index contributed by atoms with van der Waals surface area (Å²) in [6.45, 7) is 6.38. The number of rotatable bonds is 17. The van der Waals surface area contributed by atoms with Crippen LogP contribution in [0.5, 0.6) is 0 Å². The maximum atomic E-state index is 4.85. The van der Waals surface area contributed by atoms with Gasteiger partial charge in [-0.3, -0.25) is 0 Å². The normalized spacial score (nSPS) is 11.8. The zero-order valence-corrected chi connectivity index (χ0v) is 26.0. The molecule has 0 amide bonds. The zero-order chi connectivity index (χ0) is 29.4. The minimum atomic E-state index is 0.813. The van der Waals surface area contributed by atoms with Crippen LogP contribution < -0.4 is 0 Å². The molecule has 4 aromatic rings. The van der Waals surface area contributed by atoms with E-state index in [1.54, 1.807) is 0 Å². The van der Waals surface area contributed by atoms with Crippen LogP contribution in [0.4, 0.5) is 22.7 Å². The van der Waals surface area contributed by atoms with Crippen molar-refractivity contribution in [2.45, 2.75) is 104 Å². The molecule has 0 spiro atoms. The molecule has 4 aromatic carbocycles. The van der Waals surface area contributed by atoms with Crippen molar-refractivity contribution in [1.82, 2.24) is 0 Å². The lowest BCUT2D eigenvalue weighted by Crippen LogP contribution is -1.89. The van der Waals surface area contributed by atoms with Gasteiger partial charge in [0.05, 0.1) is 22.7 Å². The summed E-state index contributed by atoms with van der Waals surface area (Å²) in [6, 6.07) is 27.0. The fraction of sp³-hybridized carbons (Fsp3) is 0.421. The number of aryl methyl sites for hydroxylation is 3. The van der Waals surface area contributed by atoms with Gasteiger partial charge in [-0.1, -0.05) is 132 Å². The van der Waals surface area contributed by atoms with E-state index in [1.807, 2.05) is 49.4 Å². The second kappa shape index (κ2) is 17.3. The van der Waals surface area contributed by atoms with Crippen LogP contribution in [0, 0.1) is 13.8 Å². The van der Waals surface area contributed by atoms with E-state index >= 15 is 0 Å². The van der Waals surface area contributed by atoms with Crippen LogP contribution in [0.1, 0.15) is 101 Å². The Bertz CT molecular complexity index is 1450. The Labute approximate surface area is 253 Å². The summed E-state index contributed by atoms with van der Waals surface area (Å²) in [5.74, 6) is 0. The summed E-state index contributed by atoms with van der Waals surface area (Å²) in [7, 11) is 0. The molecule has 0 aliphatic rings. The van der Waals surface area contributed by atoms with Crippen molar-refractivity contribution >= 4 is 33.5 Å². The lowest BCUT2D eigenvalue weighted by atomic mass is 9.99. The Morgan fingerprint density at radius 3 is 1.83 bits per heavy atom. The maximum absolute atomic E-state index is 4.85. The minimum Gasteiger partial charge on any atom is -0.151 e. The molecule has 0 saturated heterocycles. The number of benzene rings is 4. The highest BCUT2D eigenvalue weighted by Crippen LogP contribution is 2.34. The lowest BCUT2D eigenvalue weighted by Gasteiger charge is -2.09. The van der Waals surface area contributed by atoms with Gasteiger partial charge in [-0.25, -0.2) is 0 Å². The van der Waals surface area contributed by atoms with E-state index in [0.717, 1.165) is 40.3 Å². The fourth-order valence-corrected chi connectivity index (χ4v) is 5.48. The minimum absolute atomic E-state index is 0.813. The first-order valence-electron chi connectivity index (χ1n) is 16.2. The van der Waals surface area contributed by atoms with E-state index in [0.29, 0.717) is 0 Å². The molecule has 4 heteroatoms. The molecule has 4 rings (SSSR count). The van der Waals surface area contributed by atoms with Crippen molar-refractivity contribution in [3.05, 3.63) is 95.6 Å². The molecule has 42 heavy (non-hydrogen) atoms. The lowest BCUT2D eigenvalue weighted by molar-refractivity contribution is 0.544. The predicted octanol–water partition coefficient (Wildman–Crippen LogP) is 13.5. The molecule has 0 aliphatic carbocycles. The van der Waals surface area contributed by atoms with Crippen molar-refractivity contribution in [3.8, 4) is 0 Å². The summed E-state index contributed by atoms with van der Waals surface area (Å²) in [5, 5.41) is 20.8. The predicted molar refractivity (Wildman–Crippen MR) is 179 cm³/mol. The molecule has 0 N–H and O–H groups in total. The molecule has 0 radical (unpaired) electrons. The van der Waals surface area contributed by atoms with Crippen molar-refractivity contribution in [3.63, 3.8) is 0 Å². The van der Waals surface area contributed by atoms with Gasteiger partial charge >= 0.3 is 0 Å². The largest absolute Gasteiger partial charge is 0.151 e. The Hall–Kier alpha value is -3.66. The van der Waals surface area contributed by atoms with Crippen molar-refractivity contribution in [2.24, 2.45) is 20.5 Å². The van der Waals surface area contributed by atoms with E-state index < -0.39 is 0 Å². The summed E-state index contributed by atoms with van der Waals surface area (Å²) in [6.07, 6.45) is 17.4. The first-order valence-corrected chi connectivity index (χ1v) is 16.2. The van der Waals surface area contributed by atoms with Gasteiger partial charge in [0, 0.05) is 5.39 Å². The van der Waals surface area contributed by atoms with E-state index in [1.165, 1.54) is 93.4 Å². The fourth-order valence-electron chi connectivity index (χ4n) is 5.48. The molecule has 0 bridgehead atoms. The van der Waals surface area contributed by atoms with Gasteiger partial charge < -0.3 is 0 Å². The van der Waals surface area contributed by atoms with Gasteiger partial charge in [-0.15, -0.1) is 5.11 Å². The number of azo groups is 2. The molecule has 4 nitrogen and oxygen atoms in total. The maximum Gasteiger partial charge on any atom is 0.0967 e. The van der Waals surface area contributed by atoms with Crippen LogP contribution in [0.3, 0.4) is 0 Å². The Morgan fingerprint density at radius 2 is 1.12 bits per heavy atom. The van der Waals surface area contributed by atoms with Gasteiger partial charge in [-0.05, 0) is 73.0 Å². The monoisotopic (exact) mass is 560 g/mol. The smallest absolute Gasteiger partial charge is 0.0967 e. The highest BCUT2D eigenvalue weighted by atomic mass is 15.1. The average Bonchev–Trinajstić information content (AvgIpc) is 3.01. The third-order valence-corrected chi connectivity index (χ3v) is 8.11. The van der Waals surface area contributed by atoms with Crippen molar-refractivity contribution in [2.75, 3.05) is 0 Å². The highest BCUT2D eigenvalue weighted by Gasteiger charge is 2.08. The van der Waals surface area contributed by atoms with E-state index in [4.69, 9.17) is 10.2 Å². The molecule has 0 aliphatic heterocycles. The summed E-state index contributed by atoms with van der Waals surface area (Å²) in [4.78, 5) is 0. The summed E-state index contributed by atoms with van der Waals surface area (Å²) in [5.41, 5.74) is 6.97. The Balaban J connectivity index is 1.34. The average molecular weight is 561 g/mol. The molecule has 0 atom stereocenters. The van der Waals surface area contributed by atoms with Crippen LogP contribution in [-0.4, -0.2) is 0 Å². The van der Waals surface area contributed by atoms with Gasteiger partial charge in [0.25, 0.3) is 0 Å². The van der Waals surface area contributed by atoms with Crippen molar-refractivity contribution < 1.29 is 0 Å². The molecular weight excluding hydrogens is 512 g/mol. The van der Waals surface area contributed by atoms with Crippen LogP contribution in [0.15, 0.2) is 99.3 Å². The summed E-state index contributed by atoms with van der Waals surface area (Å²) >= 11 is 0. The number of fused-ring (bicyclic) bond motifs is 1. The molecule has 0 aromatic heterocycles. The Kier molecular flexibility index (Phi) is 12.9. The standard InChI is InChI=1S/C38H48N4/c1-4-5-6-7-8-9-10-11-12-13-14-15-22-33-26-25-32-21-17-18-23-35(32)38(33)42-41-37-28-27-34(29-31(37)3)39-40-36-24-19-16-20-30(36)2/h16-21,23-29H,4-15,22H2,1-3H3. The first kappa shape index (κ1) is 31.3. The van der Waals surface area contributed by atoms with Crippen LogP contribution in [0.25, 0.3) is 10.8 Å². The van der Waals surface area contributed by atoms with Crippen LogP contribution in [0.2, 0.25) is 0 Å². The topological polar surface area (TPSA) is 49.4 Å². The van der Waals surface area contributed by atoms with E-state index in [-0.39, 0.29) is 0 Å². The molecule has 0 heterocycles. The molecule has 220 valence electrons. The third-order valence-electron chi connectivity index (χ3n) is 8.11. The second-order valence-corrected chi connectivity index (χ2v) is 11.6. The highest BCUT2D eigenvalue weighted by molar-refractivity contribution is 5.94. The molecule has 0 saturated carbocycles. The summed E-state index contributed by atoms with van der Waals surface area (Å²) < 4.78 is 0. The van der Waals surface area contributed by atoms with Gasteiger partial charge in [-0.2, -0.15) is 15.3 Å². The quantitative estimate of drug-likeness (QED) is 0.0911. The van der Waals surface area contributed by atoms with Gasteiger partial charge in [0.1, 0.15) is 0 Å². The van der Waals surface area contributed by atoms with Crippen LogP contribution in [-0.2, 0) is 6.42 Å². The first-order chi connectivity index (χ1) is 20.7. The number of unbranched alkanes of at least 4 members (excludes halogenated alkanes) is 11. The number of hydrogen-bond donors (Lipinski definition) is 0. The molecular formula is C38H48N4. The number of hydrogen-bond acceptors (Lipinski definition) is 4. The van der Waals surface area contributed by atoms with Crippen LogP contribution >= 0.6 is 0 Å². The molecule has 0 unspecified atom stereocenters. The number of nitrogens with zero attached hydrogens (tertiary/aromatic N) is 4. The van der Waals surface area contributed by atoms with E-state index in [2.05, 4.69) is 60.5 Å². The third kappa shape index (κ3) is 9.72. The van der Waals surface area contributed by atoms with Gasteiger partial charge in [0.2, 0.25) is 0 Å².